The Morgan fingerprint density at radius 3 is 2.62 bits per heavy atom. The highest BCUT2D eigenvalue weighted by Gasteiger charge is 2.25. The van der Waals surface area contributed by atoms with Gasteiger partial charge in [-0.1, -0.05) is 0 Å². The Hall–Kier alpha value is -1.21. The van der Waals surface area contributed by atoms with E-state index >= 15 is 0 Å². The number of alkyl halides is 2. The van der Waals surface area contributed by atoms with Gasteiger partial charge < -0.3 is 4.98 Å². The zero-order valence-electron chi connectivity index (χ0n) is 7.62. The Morgan fingerprint density at radius 2 is 2.06 bits per heavy atom. The van der Waals surface area contributed by atoms with Crippen molar-refractivity contribution in [3.8, 4) is 0 Å². The van der Waals surface area contributed by atoms with E-state index in [-0.39, 0.29) is 5.52 Å². The highest BCUT2D eigenvalue weighted by molar-refractivity contribution is 8.14. The summed E-state index contributed by atoms with van der Waals surface area (Å²) in [4.78, 5) is 5.66. The molecule has 0 aliphatic carbocycles. The van der Waals surface area contributed by atoms with Gasteiger partial charge in [-0.15, -0.1) is 0 Å². The molecule has 1 heterocycles. The number of H-pyrrole nitrogens is 1. The Kier molecular flexibility index (Phi) is 2.59. The number of rotatable bonds is 2. The van der Waals surface area contributed by atoms with Crippen LogP contribution < -0.4 is 0 Å². The quantitative estimate of drug-likeness (QED) is 0.849. The normalized spacial score (nSPS) is 12.5. The van der Waals surface area contributed by atoms with Crippen LogP contribution in [0.1, 0.15) is 12.0 Å². The number of nitrogens with one attached hydrogen (secondary N) is 1. The first-order valence-corrected chi connectivity index (χ1v) is 6.41. The molecule has 1 aromatic heterocycles. The van der Waals surface area contributed by atoms with Crippen LogP contribution in [-0.4, -0.2) is 18.4 Å². The monoisotopic (exact) mass is 266 g/mol. The first-order chi connectivity index (χ1) is 7.41. The van der Waals surface area contributed by atoms with Gasteiger partial charge in [-0.3, -0.25) is 0 Å². The predicted molar refractivity (Wildman–Crippen MR) is 54.1 cm³/mol. The molecular weight excluding hydrogens is 262 g/mol. The Morgan fingerprint density at radius 1 is 1.38 bits per heavy atom. The van der Waals surface area contributed by atoms with Crippen molar-refractivity contribution in [2.45, 2.75) is 11.3 Å². The van der Waals surface area contributed by atoms with Gasteiger partial charge in [0.15, 0.2) is 0 Å². The van der Waals surface area contributed by atoms with E-state index in [2.05, 4.69) is 9.97 Å². The molecule has 0 unspecified atom stereocenters. The molecule has 0 saturated heterocycles. The predicted octanol–water partition coefficient (Wildman–Crippen LogP) is 2.43. The summed E-state index contributed by atoms with van der Waals surface area (Å²) in [5.74, 6) is 0. The summed E-state index contributed by atoms with van der Waals surface area (Å²) in [6, 6.07) is 2.34. The van der Waals surface area contributed by atoms with Crippen molar-refractivity contribution >= 4 is 30.8 Å². The van der Waals surface area contributed by atoms with Crippen LogP contribution >= 0.6 is 10.7 Å². The van der Waals surface area contributed by atoms with E-state index < -0.39 is 25.9 Å². The van der Waals surface area contributed by atoms with E-state index in [4.69, 9.17) is 10.7 Å². The Labute approximate surface area is 93.7 Å². The maximum atomic E-state index is 12.6. The molecule has 0 aliphatic rings. The second kappa shape index (κ2) is 3.67. The van der Waals surface area contributed by atoms with Crippen LogP contribution in [0, 0.1) is 0 Å². The third-order valence-electron chi connectivity index (χ3n) is 2.05. The largest absolute Gasteiger partial charge is 0.345 e. The molecule has 0 fully saturated rings. The number of aromatic amines is 1. The lowest BCUT2D eigenvalue weighted by atomic mass is 10.2. The molecule has 0 amide bonds. The molecule has 2 aromatic rings. The average molecular weight is 267 g/mol. The van der Waals surface area contributed by atoms with Gasteiger partial charge in [0, 0.05) is 16.2 Å². The minimum atomic E-state index is -4.27. The van der Waals surface area contributed by atoms with Crippen molar-refractivity contribution in [2.24, 2.45) is 0 Å². The molecule has 0 atom stereocenters. The number of nitrogens with zero attached hydrogens (tertiary/aromatic N) is 1. The number of hydrogen-bond acceptors (Lipinski definition) is 3. The number of halogens is 3. The van der Waals surface area contributed by atoms with Crippen molar-refractivity contribution in [3.05, 3.63) is 24.0 Å². The number of fused-ring (bicyclic) bond motifs is 1. The second-order valence-electron chi connectivity index (χ2n) is 3.02. The van der Waals surface area contributed by atoms with Crippen LogP contribution in [0.3, 0.4) is 0 Å². The van der Waals surface area contributed by atoms with Gasteiger partial charge >= 0.3 is 0 Å². The van der Waals surface area contributed by atoms with Gasteiger partial charge in [-0.25, -0.2) is 22.2 Å². The summed E-state index contributed by atoms with van der Waals surface area (Å²) in [6.45, 7) is 0. The first kappa shape index (κ1) is 11.3. The summed E-state index contributed by atoms with van der Waals surface area (Å²) in [5, 5.41) is 0. The topological polar surface area (TPSA) is 62.8 Å². The van der Waals surface area contributed by atoms with Crippen LogP contribution in [0.5, 0.6) is 0 Å². The lowest BCUT2D eigenvalue weighted by Crippen LogP contribution is -2.00. The van der Waals surface area contributed by atoms with E-state index in [1.807, 2.05) is 0 Å². The fourth-order valence-corrected chi connectivity index (χ4v) is 2.74. The lowest BCUT2D eigenvalue weighted by Gasteiger charge is -2.05. The van der Waals surface area contributed by atoms with Crippen LogP contribution in [-0.2, 0) is 9.05 Å². The number of hydrogen-bond donors (Lipinski definition) is 1. The maximum absolute atomic E-state index is 12.6. The van der Waals surface area contributed by atoms with Crippen LogP contribution in [0.4, 0.5) is 8.78 Å². The zero-order valence-corrected chi connectivity index (χ0v) is 9.19. The molecule has 4 nitrogen and oxygen atoms in total. The molecular formula is C8H5ClF2N2O2S. The van der Waals surface area contributed by atoms with E-state index in [9.17, 15) is 17.2 Å². The molecule has 86 valence electrons. The second-order valence-corrected chi connectivity index (χ2v) is 5.52. The molecule has 1 aromatic carbocycles. The summed E-state index contributed by atoms with van der Waals surface area (Å²) in [6.07, 6.45) is -1.71. The van der Waals surface area contributed by atoms with Crippen molar-refractivity contribution in [1.29, 1.82) is 0 Å². The van der Waals surface area contributed by atoms with E-state index in [0.29, 0.717) is 5.52 Å². The van der Waals surface area contributed by atoms with Gasteiger partial charge in [0.05, 0.1) is 11.8 Å². The van der Waals surface area contributed by atoms with E-state index in [1.54, 1.807) is 0 Å². The molecule has 0 spiro atoms. The summed E-state index contributed by atoms with van der Waals surface area (Å²) >= 11 is 0. The third kappa shape index (κ3) is 1.76. The van der Waals surface area contributed by atoms with Crippen LogP contribution in [0.25, 0.3) is 11.0 Å². The molecule has 0 radical (unpaired) electrons. The van der Waals surface area contributed by atoms with Gasteiger partial charge in [-0.2, -0.15) is 0 Å². The molecule has 8 heteroatoms. The SMILES string of the molecule is O=S(=O)(Cl)c1c(C(F)F)ccc2[nH]cnc12. The van der Waals surface area contributed by atoms with Gasteiger partial charge in [0.2, 0.25) is 0 Å². The molecule has 0 saturated carbocycles. The molecule has 0 aliphatic heterocycles. The smallest absolute Gasteiger partial charge is 0.265 e. The van der Waals surface area contributed by atoms with Gasteiger partial charge in [-0.05, 0) is 12.1 Å². The molecule has 0 bridgehead atoms. The fraction of sp³-hybridized carbons (Fsp3) is 0.125. The van der Waals surface area contributed by atoms with Crippen molar-refractivity contribution < 1.29 is 17.2 Å². The molecule has 2 rings (SSSR count). The third-order valence-corrected chi connectivity index (χ3v) is 3.43. The molecule has 16 heavy (non-hydrogen) atoms. The van der Waals surface area contributed by atoms with Gasteiger partial charge in [0.1, 0.15) is 10.4 Å². The summed E-state index contributed by atoms with van der Waals surface area (Å²) in [5.41, 5.74) is -0.383. The number of benzene rings is 1. The lowest BCUT2D eigenvalue weighted by molar-refractivity contribution is 0.148. The standard InChI is InChI=1S/C8H5ClF2N2O2S/c9-16(14,15)7-4(8(10)11)1-2-5-6(7)13-3-12-5/h1-3,8H,(H,12,13). The minimum Gasteiger partial charge on any atom is -0.345 e. The number of aromatic nitrogens is 2. The zero-order chi connectivity index (χ0) is 11.9. The summed E-state index contributed by atoms with van der Waals surface area (Å²) < 4.78 is 47.8. The van der Waals surface area contributed by atoms with Crippen molar-refractivity contribution in [2.75, 3.05) is 0 Å². The first-order valence-electron chi connectivity index (χ1n) is 4.10. The van der Waals surface area contributed by atoms with E-state index in [1.165, 1.54) is 12.4 Å². The Balaban J connectivity index is 2.92. The van der Waals surface area contributed by atoms with Crippen molar-refractivity contribution in [1.82, 2.24) is 9.97 Å². The fourth-order valence-electron chi connectivity index (χ4n) is 1.43. The highest BCUT2D eigenvalue weighted by Crippen LogP contribution is 2.33. The van der Waals surface area contributed by atoms with Crippen molar-refractivity contribution in [3.63, 3.8) is 0 Å². The number of imidazole rings is 1. The minimum absolute atomic E-state index is 0.0761. The highest BCUT2D eigenvalue weighted by atomic mass is 35.7. The van der Waals surface area contributed by atoms with Crippen LogP contribution in [0.15, 0.2) is 23.4 Å². The van der Waals surface area contributed by atoms with Gasteiger partial charge in [0.25, 0.3) is 15.5 Å². The summed E-state index contributed by atoms with van der Waals surface area (Å²) in [7, 11) is 0.863. The maximum Gasteiger partial charge on any atom is 0.265 e. The molecule has 1 N–H and O–H groups in total. The average Bonchev–Trinajstić information content (AvgIpc) is 2.61. The van der Waals surface area contributed by atoms with E-state index in [0.717, 1.165) is 6.07 Å². The van der Waals surface area contributed by atoms with Crippen LogP contribution in [0.2, 0.25) is 0 Å². The Bertz CT molecular complexity index is 639.